The SMILES string of the molecule is CCNC1CCCN(CC2(CO)CCCCC2)C1=O. The summed E-state index contributed by atoms with van der Waals surface area (Å²) in [7, 11) is 0. The van der Waals surface area contributed by atoms with Gasteiger partial charge in [-0.15, -0.1) is 0 Å². The van der Waals surface area contributed by atoms with Crippen LogP contribution in [0.3, 0.4) is 0 Å². The van der Waals surface area contributed by atoms with Crippen molar-refractivity contribution in [1.29, 1.82) is 0 Å². The van der Waals surface area contributed by atoms with Crippen molar-refractivity contribution < 1.29 is 9.90 Å². The lowest BCUT2D eigenvalue weighted by Gasteiger charge is -2.42. The first-order chi connectivity index (χ1) is 9.21. The number of aliphatic hydroxyl groups excluding tert-OH is 1. The Bertz CT molecular complexity index is 299. The number of piperidine rings is 1. The van der Waals surface area contributed by atoms with Gasteiger partial charge in [-0.25, -0.2) is 0 Å². The maximum Gasteiger partial charge on any atom is 0.239 e. The van der Waals surface area contributed by atoms with Crippen molar-refractivity contribution in [2.75, 3.05) is 26.2 Å². The van der Waals surface area contributed by atoms with E-state index in [9.17, 15) is 9.90 Å². The summed E-state index contributed by atoms with van der Waals surface area (Å²) in [5.41, 5.74) is -0.0258. The summed E-state index contributed by atoms with van der Waals surface area (Å²) in [6.07, 6.45) is 7.83. The van der Waals surface area contributed by atoms with E-state index in [2.05, 4.69) is 5.32 Å². The van der Waals surface area contributed by atoms with Gasteiger partial charge in [-0.3, -0.25) is 4.79 Å². The van der Waals surface area contributed by atoms with Gasteiger partial charge in [-0.05, 0) is 32.2 Å². The number of rotatable bonds is 5. The Morgan fingerprint density at radius 3 is 2.68 bits per heavy atom. The molecule has 1 atom stereocenters. The van der Waals surface area contributed by atoms with Crippen molar-refractivity contribution in [3.05, 3.63) is 0 Å². The Morgan fingerprint density at radius 1 is 1.32 bits per heavy atom. The highest BCUT2D eigenvalue weighted by Gasteiger charge is 2.37. The molecule has 1 aliphatic carbocycles. The predicted molar refractivity (Wildman–Crippen MR) is 75.9 cm³/mol. The molecule has 4 heteroatoms. The van der Waals surface area contributed by atoms with Crippen LogP contribution in [0, 0.1) is 5.41 Å². The highest BCUT2D eigenvalue weighted by atomic mass is 16.3. The zero-order valence-corrected chi connectivity index (χ0v) is 12.2. The number of likely N-dealkylation sites (N-methyl/N-ethyl adjacent to an activating group) is 1. The fourth-order valence-corrected chi connectivity index (χ4v) is 3.61. The summed E-state index contributed by atoms with van der Waals surface area (Å²) in [6, 6.07) is -0.00177. The third-order valence-corrected chi connectivity index (χ3v) is 4.76. The molecule has 2 aliphatic rings. The Morgan fingerprint density at radius 2 is 2.05 bits per heavy atom. The van der Waals surface area contributed by atoms with E-state index in [0.29, 0.717) is 0 Å². The molecule has 0 aromatic rings. The van der Waals surface area contributed by atoms with Crippen LogP contribution in [-0.4, -0.2) is 48.2 Å². The lowest BCUT2D eigenvalue weighted by molar-refractivity contribution is -0.138. The molecule has 0 aromatic heterocycles. The topological polar surface area (TPSA) is 52.6 Å². The van der Waals surface area contributed by atoms with E-state index in [1.807, 2.05) is 11.8 Å². The highest BCUT2D eigenvalue weighted by Crippen LogP contribution is 2.37. The lowest BCUT2D eigenvalue weighted by Crippen LogP contribution is -2.54. The van der Waals surface area contributed by atoms with Crippen molar-refractivity contribution >= 4 is 5.91 Å². The summed E-state index contributed by atoms with van der Waals surface area (Å²) in [5.74, 6) is 0.242. The molecule has 0 aromatic carbocycles. The molecule has 110 valence electrons. The van der Waals surface area contributed by atoms with Crippen LogP contribution in [0.2, 0.25) is 0 Å². The average molecular weight is 268 g/mol. The molecular weight excluding hydrogens is 240 g/mol. The molecule has 2 rings (SSSR count). The Balaban J connectivity index is 1.98. The zero-order valence-electron chi connectivity index (χ0n) is 12.2. The van der Waals surface area contributed by atoms with Crippen LogP contribution < -0.4 is 5.32 Å². The molecule has 0 spiro atoms. The molecule has 2 N–H and O–H groups in total. The molecule has 1 heterocycles. The Kier molecular flexibility index (Phi) is 5.22. The highest BCUT2D eigenvalue weighted by molar-refractivity contribution is 5.82. The van der Waals surface area contributed by atoms with Gasteiger partial charge in [0.25, 0.3) is 0 Å². The number of carbonyl (C=O) groups excluding carboxylic acids is 1. The number of hydrogen-bond acceptors (Lipinski definition) is 3. The lowest BCUT2D eigenvalue weighted by atomic mass is 9.74. The summed E-state index contributed by atoms with van der Waals surface area (Å²) >= 11 is 0. The maximum absolute atomic E-state index is 12.4. The molecule has 4 nitrogen and oxygen atoms in total. The first-order valence-corrected chi connectivity index (χ1v) is 7.84. The van der Waals surface area contributed by atoms with E-state index in [0.717, 1.165) is 45.3 Å². The minimum atomic E-state index is -0.0258. The van der Waals surface area contributed by atoms with Crippen molar-refractivity contribution in [2.24, 2.45) is 5.41 Å². The van der Waals surface area contributed by atoms with Gasteiger partial charge in [0.1, 0.15) is 0 Å². The number of nitrogens with zero attached hydrogens (tertiary/aromatic N) is 1. The second kappa shape index (κ2) is 6.71. The van der Waals surface area contributed by atoms with E-state index in [-0.39, 0.29) is 24.0 Å². The second-order valence-corrected chi connectivity index (χ2v) is 6.23. The minimum Gasteiger partial charge on any atom is -0.396 e. The van der Waals surface area contributed by atoms with Crippen LogP contribution in [0.4, 0.5) is 0 Å². The standard InChI is InChI=1S/C15H28N2O2/c1-2-16-13-7-6-10-17(14(13)19)11-15(12-18)8-4-3-5-9-15/h13,16,18H,2-12H2,1H3. The predicted octanol–water partition coefficient (Wildman–Crippen LogP) is 1.53. The summed E-state index contributed by atoms with van der Waals surface area (Å²) in [4.78, 5) is 14.4. The summed E-state index contributed by atoms with van der Waals surface area (Å²) < 4.78 is 0. The zero-order chi connectivity index (χ0) is 13.7. The average Bonchev–Trinajstić information content (AvgIpc) is 2.45. The van der Waals surface area contributed by atoms with Gasteiger partial charge in [0.2, 0.25) is 5.91 Å². The maximum atomic E-state index is 12.4. The first kappa shape index (κ1) is 14.8. The first-order valence-electron chi connectivity index (χ1n) is 7.84. The van der Waals surface area contributed by atoms with Gasteiger partial charge in [-0.2, -0.15) is 0 Å². The van der Waals surface area contributed by atoms with Gasteiger partial charge in [0.15, 0.2) is 0 Å². The Labute approximate surface area is 116 Å². The van der Waals surface area contributed by atoms with Crippen LogP contribution in [0.1, 0.15) is 51.9 Å². The van der Waals surface area contributed by atoms with Gasteiger partial charge in [0, 0.05) is 18.5 Å². The van der Waals surface area contributed by atoms with Crippen molar-refractivity contribution in [2.45, 2.75) is 57.9 Å². The number of hydrogen-bond donors (Lipinski definition) is 2. The van der Waals surface area contributed by atoms with Gasteiger partial charge < -0.3 is 15.3 Å². The van der Waals surface area contributed by atoms with Crippen molar-refractivity contribution in [1.82, 2.24) is 10.2 Å². The van der Waals surface area contributed by atoms with Gasteiger partial charge in [-0.1, -0.05) is 26.2 Å². The number of nitrogens with one attached hydrogen (secondary N) is 1. The number of carbonyl (C=O) groups is 1. The van der Waals surface area contributed by atoms with Crippen LogP contribution >= 0.6 is 0 Å². The molecular formula is C15H28N2O2. The molecule has 0 radical (unpaired) electrons. The summed E-state index contributed by atoms with van der Waals surface area (Å²) in [5, 5.41) is 13.1. The number of aliphatic hydroxyl groups is 1. The molecule has 1 saturated heterocycles. The molecule has 1 saturated carbocycles. The van der Waals surface area contributed by atoms with Gasteiger partial charge in [0.05, 0.1) is 12.6 Å². The number of likely N-dealkylation sites (tertiary alicyclic amines) is 1. The third kappa shape index (κ3) is 3.48. The van der Waals surface area contributed by atoms with E-state index < -0.39 is 0 Å². The van der Waals surface area contributed by atoms with Crippen molar-refractivity contribution in [3.63, 3.8) is 0 Å². The van der Waals surface area contributed by atoms with Gasteiger partial charge >= 0.3 is 0 Å². The summed E-state index contributed by atoms with van der Waals surface area (Å²) in [6.45, 7) is 4.73. The Hall–Kier alpha value is -0.610. The molecule has 2 fully saturated rings. The van der Waals surface area contributed by atoms with Crippen molar-refractivity contribution in [3.8, 4) is 0 Å². The smallest absolute Gasteiger partial charge is 0.239 e. The number of amides is 1. The normalized spacial score (nSPS) is 27.6. The van der Waals surface area contributed by atoms with E-state index in [1.165, 1.54) is 19.3 Å². The van der Waals surface area contributed by atoms with Crippen LogP contribution in [0.5, 0.6) is 0 Å². The molecule has 1 unspecified atom stereocenters. The van der Waals surface area contributed by atoms with E-state index in [4.69, 9.17) is 0 Å². The quantitative estimate of drug-likeness (QED) is 0.795. The van der Waals surface area contributed by atoms with Crippen LogP contribution in [0.25, 0.3) is 0 Å². The largest absolute Gasteiger partial charge is 0.396 e. The minimum absolute atomic E-state index is 0.00177. The van der Waals surface area contributed by atoms with Crippen LogP contribution in [-0.2, 0) is 4.79 Å². The molecule has 0 bridgehead atoms. The van der Waals surface area contributed by atoms with Crippen LogP contribution in [0.15, 0.2) is 0 Å². The molecule has 19 heavy (non-hydrogen) atoms. The molecule has 1 amide bonds. The van der Waals surface area contributed by atoms with E-state index in [1.54, 1.807) is 0 Å². The van der Waals surface area contributed by atoms with E-state index >= 15 is 0 Å². The monoisotopic (exact) mass is 268 g/mol. The molecule has 1 aliphatic heterocycles. The fraction of sp³-hybridized carbons (Fsp3) is 0.933. The second-order valence-electron chi connectivity index (χ2n) is 6.23. The fourth-order valence-electron chi connectivity index (χ4n) is 3.61. The third-order valence-electron chi connectivity index (χ3n) is 4.76.